The van der Waals surface area contributed by atoms with E-state index in [2.05, 4.69) is 10.3 Å². The molecule has 0 aromatic carbocycles. The first kappa shape index (κ1) is 11.3. The second kappa shape index (κ2) is 4.45. The highest BCUT2D eigenvalue weighted by Crippen LogP contribution is 2.47. The number of aromatic nitrogens is 1. The third-order valence-electron chi connectivity index (χ3n) is 4.64. The van der Waals surface area contributed by atoms with E-state index in [-0.39, 0.29) is 0 Å². The van der Waals surface area contributed by atoms with Crippen molar-refractivity contribution in [3.8, 4) is 0 Å². The molecule has 94 valence electrons. The summed E-state index contributed by atoms with van der Waals surface area (Å²) in [6.07, 6.45) is 5.89. The van der Waals surface area contributed by atoms with Crippen molar-refractivity contribution < 1.29 is 4.42 Å². The van der Waals surface area contributed by atoms with Crippen molar-refractivity contribution in [2.45, 2.75) is 46.1 Å². The van der Waals surface area contributed by atoms with Gasteiger partial charge in [-0.25, -0.2) is 4.98 Å². The van der Waals surface area contributed by atoms with E-state index in [1.165, 1.54) is 25.7 Å². The van der Waals surface area contributed by atoms with Crippen LogP contribution >= 0.6 is 0 Å². The fourth-order valence-corrected chi connectivity index (χ4v) is 3.61. The monoisotopic (exact) mass is 234 g/mol. The minimum atomic E-state index is 0.780. The zero-order valence-corrected chi connectivity index (χ0v) is 10.8. The lowest BCUT2D eigenvalue weighted by Crippen LogP contribution is -2.26. The number of aryl methyl sites for hydroxylation is 2. The van der Waals surface area contributed by atoms with E-state index in [0.717, 1.165) is 48.2 Å². The van der Waals surface area contributed by atoms with Crippen LogP contribution in [-0.4, -0.2) is 11.5 Å². The number of hydrogen-bond acceptors (Lipinski definition) is 3. The fourth-order valence-electron chi connectivity index (χ4n) is 3.61. The molecule has 1 N–H and O–H groups in total. The summed E-state index contributed by atoms with van der Waals surface area (Å²) >= 11 is 0. The van der Waals surface area contributed by atoms with Crippen molar-refractivity contribution >= 4 is 0 Å². The molecular formula is C14H22N2O. The van der Waals surface area contributed by atoms with Crippen molar-refractivity contribution in [1.29, 1.82) is 0 Å². The van der Waals surface area contributed by atoms with Gasteiger partial charge in [0, 0.05) is 0 Å². The van der Waals surface area contributed by atoms with E-state index in [1.54, 1.807) is 0 Å². The van der Waals surface area contributed by atoms with Gasteiger partial charge in [0.05, 0.1) is 12.2 Å². The van der Waals surface area contributed by atoms with Gasteiger partial charge in [0.15, 0.2) is 0 Å². The summed E-state index contributed by atoms with van der Waals surface area (Å²) in [5.74, 6) is 4.73. The Balaban J connectivity index is 1.46. The summed E-state index contributed by atoms with van der Waals surface area (Å²) in [5, 5.41) is 3.51. The normalized spacial score (nSPS) is 31.3. The van der Waals surface area contributed by atoms with E-state index in [1.807, 2.05) is 13.8 Å². The SMILES string of the molecule is Cc1nc(CNCC2CC3CCC2C3)oc1C. The second-order valence-electron chi connectivity index (χ2n) is 5.82. The number of hydrogen-bond donors (Lipinski definition) is 1. The predicted molar refractivity (Wildman–Crippen MR) is 66.6 cm³/mol. The van der Waals surface area contributed by atoms with Crippen LogP contribution < -0.4 is 5.32 Å². The van der Waals surface area contributed by atoms with Crippen molar-refractivity contribution in [1.82, 2.24) is 10.3 Å². The van der Waals surface area contributed by atoms with Crippen LogP contribution in [0.3, 0.4) is 0 Å². The number of nitrogens with one attached hydrogen (secondary N) is 1. The van der Waals surface area contributed by atoms with Gasteiger partial charge in [-0.1, -0.05) is 6.42 Å². The van der Waals surface area contributed by atoms with Gasteiger partial charge in [-0.05, 0) is 57.4 Å². The molecule has 0 spiro atoms. The smallest absolute Gasteiger partial charge is 0.208 e. The third kappa shape index (κ3) is 2.25. The summed E-state index contributed by atoms with van der Waals surface area (Å²) in [7, 11) is 0. The van der Waals surface area contributed by atoms with Gasteiger partial charge in [-0.15, -0.1) is 0 Å². The van der Waals surface area contributed by atoms with Crippen LogP contribution in [0.2, 0.25) is 0 Å². The molecule has 0 amide bonds. The standard InChI is InChI=1S/C14H22N2O/c1-9-10(2)17-14(16-9)8-15-7-13-6-11-3-4-12(13)5-11/h11-13,15H,3-8H2,1-2H3. The number of oxazole rings is 1. The van der Waals surface area contributed by atoms with Crippen LogP contribution in [0.15, 0.2) is 4.42 Å². The van der Waals surface area contributed by atoms with Gasteiger partial charge < -0.3 is 9.73 Å². The number of nitrogens with zero attached hydrogens (tertiary/aromatic N) is 1. The Kier molecular flexibility index (Phi) is 2.95. The Morgan fingerprint density at radius 2 is 2.18 bits per heavy atom. The maximum absolute atomic E-state index is 5.57. The first-order valence-corrected chi connectivity index (χ1v) is 6.86. The van der Waals surface area contributed by atoms with Gasteiger partial charge in [-0.2, -0.15) is 0 Å². The van der Waals surface area contributed by atoms with Gasteiger partial charge in [0.2, 0.25) is 5.89 Å². The Labute approximate surface area is 103 Å². The molecule has 1 aromatic heterocycles. The summed E-state index contributed by atoms with van der Waals surface area (Å²) in [4.78, 5) is 4.39. The molecule has 0 aliphatic heterocycles. The predicted octanol–water partition coefficient (Wildman–Crippen LogP) is 2.82. The van der Waals surface area contributed by atoms with E-state index >= 15 is 0 Å². The molecular weight excluding hydrogens is 212 g/mol. The maximum atomic E-state index is 5.57. The Bertz CT molecular complexity index is 379. The Morgan fingerprint density at radius 3 is 2.76 bits per heavy atom. The maximum Gasteiger partial charge on any atom is 0.208 e. The first-order chi connectivity index (χ1) is 8.22. The Morgan fingerprint density at radius 1 is 1.29 bits per heavy atom. The zero-order valence-electron chi connectivity index (χ0n) is 10.8. The van der Waals surface area contributed by atoms with Crippen LogP contribution in [0.1, 0.15) is 43.0 Å². The third-order valence-corrected chi connectivity index (χ3v) is 4.64. The largest absolute Gasteiger partial charge is 0.444 e. The number of fused-ring (bicyclic) bond motifs is 2. The summed E-state index contributed by atoms with van der Waals surface area (Å²) < 4.78 is 5.57. The second-order valence-corrected chi connectivity index (χ2v) is 5.82. The molecule has 2 bridgehead atoms. The average Bonchev–Trinajstić information content (AvgIpc) is 2.96. The van der Waals surface area contributed by atoms with Crippen molar-refractivity contribution in [3.05, 3.63) is 17.3 Å². The summed E-state index contributed by atoms with van der Waals surface area (Å²) in [6.45, 7) is 5.89. The number of rotatable bonds is 4. The lowest BCUT2D eigenvalue weighted by atomic mass is 9.89. The molecule has 2 saturated carbocycles. The van der Waals surface area contributed by atoms with Crippen molar-refractivity contribution in [3.63, 3.8) is 0 Å². The molecule has 0 radical (unpaired) electrons. The van der Waals surface area contributed by atoms with Crippen molar-refractivity contribution in [2.75, 3.05) is 6.54 Å². The van der Waals surface area contributed by atoms with Crippen LogP contribution in [0, 0.1) is 31.6 Å². The molecule has 2 fully saturated rings. The van der Waals surface area contributed by atoms with Gasteiger partial charge in [0.1, 0.15) is 5.76 Å². The molecule has 1 heterocycles. The van der Waals surface area contributed by atoms with E-state index in [9.17, 15) is 0 Å². The molecule has 3 heteroatoms. The molecule has 3 nitrogen and oxygen atoms in total. The topological polar surface area (TPSA) is 38.1 Å². The quantitative estimate of drug-likeness (QED) is 0.870. The molecule has 1 aromatic rings. The Hall–Kier alpha value is -0.830. The summed E-state index contributed by atoms with van der Waals surface area (Å²) in [5.41, 5.74) is 1.02. The van der Waals surface area contributed by atoms with E-state index in [4.69, 9.17) is 4.42 Å². The van der Waals surface area contributed by atoms with Gasteiger partial charge in [-0.3, -0.25) is 0 Å². The lowest BCUT2D eigenvalue weighted by molar-refractivity contribution is 0.312. The molecule has 2 aliphatic rings. The fraction of sp³-hybridized carbons (Fsp3) is 0.786. The van der Waals surface area contributed by atoms with Crippen LogP contribution in [-0.2, 0) is 6.54 Å². The molecule has 17 heavy (non-hydrogen) atoms. The highest BCUT2D eigenvalue weighted by Gasteiger charge is 2.38. The molecule has 2 aliphatic carbocycles. The molecule has 3 atom stereocenters. The minimum absolute atomic E-state index is 0.780. The van der Waals surface area contributed by atoms with E-state index in [0.29, 0.717) is 0 Å². The lowest BCUT2D eigenvalue weighted by Gasteiger charge is -2.21. The highest BCUT2D eigenvalue weighted by molar-refractivity contribution is 5.05. The van der Waals surface area contributed by atoms with Gasteiger partial charge in [0.25, 0.3) is 0 Å². The van der Waals surface area contributed by atoms with Crippen molar-refractivity contribution in [2.24, 2.45) is 17.8 Å². The summed E-state index contributed by atoms with van der Waals surface area (Å²) in [6, 6.07) is 0. The van der Waals surface area contributed by atoms with Crippen LogP contribution in [0.25, 0.3) is 0 Å². The highest BCUT2D eigenvalue weighted by atomic mass is 16.4. The minimum Gasteiger partial charge on any atom is -0.444 e. The van der Waals surface area contributed by atoms with E-state index < -0.39 is 0 Å². The molecule has 3 rings (SSSR count). The molecule has 0 saturated heterocycles. The van der Waals surface area contributed by atoms with Crippen LogP contribution in [0.5, 0.6) is 0 Å². The molecule has 3 unspecified atom stereocenters. The average molecular weight is 234 g/mol. The first-order valence-electron chi connectivity index (χ1n) is 6.86. The van der Waals surface area contributed by atoms with Gasteiger partial charge >= 0.3 is 0 Å². The zero-order chi connectivity index (χ0) is 11.8. The van der Waals surface area contributed by atoms with Crippen LogP contribution in [0.4, 0.5) is 0 Å².